The number of primary amides is 1. The van der Waals surface area contributed by atoms with Gasteiger partial charge in [0.05, 0.1) is 98.9 Å². The van der Waals surface area contributed by atoms with Crippen LogP contribution in [0.5, 0.6) is 23.1 Å². The number of aromatic nitrogens is 10. The Hall–Kier alpha value is -9.73. The summed E-state index contributed by atoms with van der Waals surface area (Å²) in [6, 6.07) is 46.0. The molecule has 0 bridgehead atoms. The van der Waals surface area contributed by atoms with Crippen molar-refractivity contribution in [1.29, 1.82) is 0 Å². The third kappa shape index (κ3) is 34.7. The molecule has 2 aromatic carbocycles. The minimum absolute atomic E-state index is 0. The number of aliphatic hydroxyl groups is 1. The normalized spacial score (nSPS) is 13.8. The van der Waals surface area contributed by atoms with Gasteiger partial charge in [-0.3, -0.25) is 57.3 Å². The first kappa shape index (κ1) is 114. The Morgan fingerprint density at radius 3 is 1.68 bits per heavy atom. The first-order valence-corrected chi connectivity index (χ1v) is 40.9. The first-order valence-electron chi connectivity index (χ1n) is 40.4. The smallest absolute Gasteiger partial charge is 1.00 e. The number of H-pyrrole nitrogens is 1. The zero-order valence-corrected chi connectivity index (χ0v) is 85.7. The van der Waals surface area contributed by atoms with Gasteiger partial charge in [0.25, 0.3) is 35.3 Å². The van der Waals surface area contributed by atoms with Crippen molar-refractivity contribution < 1.29 is 263 Å². The SMILES string of the molecule is CC(C)(O)COc1ccc2c(C(=O)NC3CC4(C3)CC(Oc3nn5ccccc5c3C(N)=O)C4)cnn2c1C1CC1.CCOC(=O)CC(=O)N[n+]1ccccc1.CCOC(=O)CC(=O)OCC.CCOC(=O)c1c(=O)[nH]n2ccccc12.CCOC(=O)c1c(=O)n(Cc2ccc(OC)cc2)n2ccccc12.COc1ccc(CCl)cc1.N[n+]1ccccc1.O=CO[O-].[H-].[I-].[I-].[K+].[K+]. The number of nitrogen functional groups attached to an aromatic ring is 1. The van der Waals surface area contributed by atoms with Gasteiger partial charge in [-0.2, -0.15) is 5.10 Å². The monoisotopic (exact) mass is 2100 g/mol. The number of hydrogen-bond donors (Lipinski definition) is 6. The molecule has 0 atom stereocenters. The fourth-order valence-electron chi connectivity index (χ4n) is 13.2. The topological polar surface area (TPSA) is 471 Å². The van der Waals surface area contributed by atoms with Crippen molar-refractivity contribution in [2.45, 2.75) is 136 Å². The average molecular weight is 2110 g/mol. The molecule has 10 aromatic heterocycles. The van der Waals surface area contributed by atoms with E-state index >= 15 is 0 Å². The van der Waals surface area contributed by atoms with Crippen LogP contribution in [-0.2, 0) is 65.0 Å². The zero-order chi connectivity index (χ0) is 92.2. The van der Waals surface area contributed by atoms with Crippen molar-refractivity contribution in [1.82, 2.24) is 43.4 Å². The van der Waals surface area contributed by atoms with Crippen LogP contribution in [0.2, 0.25) is 0 Å². The Labute approximate surface area is 879 Å². The van der Waals surface area contributed by atoms with Crippen molar-refractivity contribution in [3.05, 3.63) is 261 Å². The van der Waals surface area contributed by atoms with Crippen molar-refractivity contribution in [2.75, 3.05) is 65.1 Å². The van der Waals surface area contributed by atoms with Crippen LogP contribution in [0.4, 0.5) is 0 Å². The van der Waals surface area contributed by atoms with Gasteiger partial charge in [-0.05, 0) is 176 Å². The van der Waals surface area contributed by atoms with Gasteiger partial charge in [-0.25, -0.2) is 29.1 Å². The summed E-state index contributed by atoms with van der Waals surface area (Å²) in [4.78, 5) is 128. The molecule has 3 fully saturated rings. The van der Waals surface area contributed by atoms with E-state index in [1.807, 2.05) is 108 Å². The van der Waals surface area contributed by atoms with Gasteiger partial charge in [0.2, 0.25) is 5.88 Å². The molecule has 692 valence electrons. The molecule has 42 heteroatoms. The molecule has 0 unspecified atom stereocenters. The molecule has 10 heterocycles. The second-order valence-electron chi connectivity index (χ2n) is 28.9. The molecule has 1 spiro atoms. The van der Waals surface area contributed by atoms with E-state index in [9.17, 15) is 53.1 Å². The number of pyridine rings is 6. The Morgan fingerprint density at radius 2 is 1.17 bits per heavy atom. The van der Waals surface area contributed by atoms with Crippen molar-refractivity contribution in [3.63, 3.8) is 0 Å². The molecule has 3 amide bonds. The molecule has 37 nitrogen and oxygen atoms in total. The number of halogens is 3. The summed E-state index contributed by atoms with van der Waals surface area (Å²) in [6.07, 6.45) is 18.7. The molecule has 8 N–H and O–H groups in total. The van der Waals surface area contributed by atoms with Crippen LogP contribution in [0.15, 0.2) is 211 Å². The van der Waals surface area contributed by atoms with Crippen LogP contribution in [0.25, 0.3) is 22.1 Å². The predicted molar refractivity (Wildman–Crippen MR) is 461 cm³/mol. The van der Waals surface area contributed by atoms with Gasteiger partial charge >= 0.3 is 133 Å². The van der Waals surface area contributed by atoms with E-state index in [1.165, 1.54) is 18.5 Å². The maximum atomic E-state index is 13.3. The zero-order valence-electron chi connectivity index (χ0n) is 75.4. The number of carbonyl (C=O) groups excluding carboxylic acids is 9. The Kier molecular flexibility index (Phi) is 50.0. The van der Waals surface area contributed by atoms with Crippen LogP contribution in [-0.4, -0.2) is 169 Å². The number of amides is 3. The third-order valence-corrected chi connectivity index (χ3v) is 19.2. The number of aromatic amines is 1. The molecule has 3 aliphatic rings. The largest absolute Gasteiger partial charge is 1.00 e. The van der Waals surface area contributed by atoms with Crippen LogP contribution >= 0.6 is 11.6 Å². The molecular formula is C89H105ClI2K2N14O23. The van der Waals surface area contributed by atoms with E-state index in [-0.39, 0.29) is 257 Å². The average Bonchev–Trinajstić information content (AvgIpc) is 1.73. The molecule has 0 saturated heterocycles. The number of nitrogens with two attached hydrogens (primary N) is 2. The van der Waals surface area contributed by atoms with Crippen LogP contribution in [0.3, 0.4) is 0 Å². The summed E-state index contributed by atoms with van der Waals surface area (Å²) < 4.78 is 56.8. The summed E-state index contributed by atoms with van der Waals surface area (Å²) in [5.41, 5.74) is 12.9. The molecule has 131 heavy (non-hydrogen) atoms. The van der Waals surface area contributed by atoms with Crippen LogP contribution in [0.1, 0.15) is 165 Å². The molecule has 15 rings (SSSR count). The second-order valence-corrected chi connectivity index (χ2v) is 29.2. The van der Waals surface area contributed by atoms with E-state index in [0.717, 1.165) is 72.4 Å². The number of nitrogens with one attached hydrogen (secondary N) is 3. The second kappa shape index (κ2) is 57.7. The van der Waals surface area contributed by atoms with Gasteiger partial charge in [0.15, 0.2) is 35.9 Å². The van der Waals surface area contributed by atoms with Crippen molar-refractivity contribution in [3.8, 4) is 23.1 Å². The number of benzene rings is 2. The minimum atomic E-state index is -0.946. The summed E-state index contributed by atoms with van der Waals surface area (Å²) >= 11 is 5.58. The Morgan fingerprint density at radius 1 is 0.649 bits per heavy atom. The van der Waals surface area contributed by atoms with Gasteiger partial charge < -0.3 is 118 Å². The molecule has 0 aliphatic heterocycles. The molecule has 3 saturated carbocycles. The van der Waals surface area contributed by atoms with E-state index in [1.54, 1.807) is 170 Å². The van der Waals surface area contributed by atoms with Crippen molar-refractivity contribution in [2.24, 2.45) is 11.1 Å². The number of ether oxygens (including phenoxy) is 9. The minimum Gasteiger partial charge on any atom is -1.00 e. The van der Waals surface area contributed by atoms with Gasteiger partial charge in [-0.1, -0.05) is 63.9 Å². The van der Waals surface area contributed by atoms with E-state index in [4.69, 9.17) is 61.7 Å². The fourth-order valence-corrected chi connectivity index (χ4v) is 13.4. The summed E-state index contributed by atoms with van der Waals surface area (Å²) in [5, 5.41) is 33.2. The number of esters is 5. The number of fused-ring (bicyclic) bond motifs is 4. The Bertz CT molecular complexity index is 5750. The standard InChI is InChI=1S/C30H34N6O5.C18H18N2O4.C10H10N2O3.C10H12N2O3.C8H9ClO.C7H12O4.C5H7N2.CH2O3.2HI.2K.H/c1-29(2,39)16-40-23-9-8-21-20(15-32-36(21)25(23)17-6-7-17)27(38)33-18-11-30(12-18)13-19(14-30)41-28-24(26(31)37)22-5-3-4-10-35(22)34-28;1-3-24-18(22)16-15-6-4-5-11-19(15)20(17(16)21)12-13-7-9-14(23-2)10-8-13;1-2-15-10(14)8-7-5-3-4-6-12(7)11-9(8)13;1-2-15-10(14)8-9(13)11-12-6-4-3-5-7-12;1-10-8-4-2-7(6-9)3-5-8;1-3-10-6(8)5-7(9)11-4-2;6-7-4-2-1-3-5-7;2-1-4-3;;;;;/h3-5,8-10,15,17-19,39H,6-7,11-14,16H2,1-2H3,(H2,31,37)(H,33,38);4-11H,3,12H2,1-2H3;3-6H,2H2,1H3,(H,11,13);3-7H,2,8H2,1H3;2-5H,6H2,1H3;3-5H2,1-2H3;1-5H,6H2;1,3H;2*1H;;;/q;;;;;;+1;;;;2*+1;-1/p-2. The number of alkyl halides is 1. The van der Waals surface area contributed by atoms with E-state index in [0.29, 0.717) is 51.8 Å². The fraction of sp³-hybridized carbons (Fsp3) is 0.337. The van der Waals surface area contributed by atoms with Crippen LogP contribution in [0, 0.1) is 5.41 Å². The van der Waals surface area contributed by atoms with Gasteiger partial charge in [0, 0.05) is 60.7 Å². The maximum Gasteiger partial charge on any atom is 1.00 e. The molecule has 0 radical (unpaired) electrons. The third-order valence-electron chi connectivity index (χ3n) is 18.9. The van der Waals surface area contributed by atoms with Crippen LogP contribution < -0.4 is 218 Å². The summed E-state index contributed by atoms with van der Waals surface area (Å²) in [5.74, 6) is 4.90. The maximum absolute atomic E-state index is 13.3. The number of methoxy groups -OCH3 is 2. The number of rotatable bonds is 27. The quantitative estimate of drug-likeness (QED) is 0.00242. The number of nitrogens with zero attached hydrogens (tertiary/aromatic N) is 9. The van der Waals surface area contributed by atoms with Gasteiger partial charge in [-0.15, -0.1) is 22.1 Å². The Balaban J connectivity index is 0.000000424. The van der Waals surface area contributed by atoms with Gasteiger partial charge in [0.1, 0.15) is 48.4 Å². The molecule has 3 aliphatic carbocycles. The summed E-state index contributed by atoms with van der Waals surface area (Å²) in [6.45, 7) is 13.6. The van der Waals surface area contributed by atoms with Crippen molar-refractivity contribution >= 4 is 87.7 Å². The molecule has 12 aromatic rings. The predicted octanol–water partition coefficient (Wildman–Crippen LogP) is -4.45. The van der Waals surface area contributed by atoms with E-state index in [2.05, 4.69) is 45.1 Å². The number of hydrogen-bond acceptors (Lipinski definition) is 26. The van der Waals surface area contributed by atoms with E-state index < -0.39 is 52.8 Å². The molecular weight excluding hydrogens is 2000 g/mol. The summed E-state index contributed by atoms with van der Waals surface area (Å²) in [7, 11) is 3.25. The number of carbonyl (C=O) groups is 9. The first-order chi connectivity index (χ1) is 61.1.